The average Bonchev–Trinajstić information content (AvgIpc) is 3.36. The summed E-state index contributed by atoms with van der Waals surface area (Å²) in [6, 6.07) is 0. The molecule has 3 aromatic rings. The quantitative estimate of drug-likeness (QED) is 0.765. The third-order valence-corrected chi connectivity index (χ3v) is 6.46. The van der Waals surface area contributed by atoms with Crippen LogP contribution in [0.2, 0.25) is 0 Å². The fourth-order valence-corrected chi connectivity index (χ4v) is 5.24. The molecule has 26 heavy (non-hydrogen) atoms. The van der Waals surface area contributed by atoms with Crippen LogP contribution < -0.4 is 5.32 Å². The Hall–Kier alpha value is -2.06. The van der Waals surface area contributed by atoms with Crippen molar-refractivity contribution in [1.29, 1.82) is 0 Å². The summed E-state index contributed by atoms with van der Waals surface area (Å²) < 4.78 is 7.27. The molecular weight excluding hydrogens is 350 g/mol. The van der Waals surface area contributed by atoms with Crippen LogP contribution in [0.15, 0.2) is 0 Å². The Morgan fingerprint density at radius 2 is 2.19 bits per heavy atom. The van der Waals surface area contributed by atoms with Gasteiger partial charge in [-0.2, -0.15) is 4.52 Å². The molecular formula is C18H21N5O2S. The highest BCUT2D eigenvalue weighted by Crippen LogP contribution is 2.37. The number of nitrogens with zero attached hydrogens (tertiary/aromatic N) is 4. The summed E-state index contributed by atoms with van der Waals surface area (Å²) in [6.07, 6.45) is 6.76. The fourth-order valence-electron chi connectivity index (χ4n) is 3.94. The second-order valence-electron chi connectivity index (χ2n) is 7.07. The number of fused-ring (bicyclic) bond motifs is 5. The molecule has 1 saturated heterocycles. The van der Waals surface area contributed by atoms with Crippen molar-refractivity contribution in [3.8, 4) is 0 Å². The maximum Gasteiger partial charge on any atom is 0.291 e. The molecule has 1 N–H and O–H groups in total. The van der Waals surface area contributed by atoms with Gasteiger partial charge in [-0.1, -0.05) is 0 Å². The summed E-state index contributed by atoms with van der Waals surface area (Å²) in [6.45, 7) is 3.20. The number of aromatic nitrogens is 4. The van der Waals surface area contributed by atoms with E-state index in [0.29, 0.717) is 6.54 Å². The first-order valence-corrected chi connectivity index (χ1v) is 10.1. The molecule has 1 aliphatic heterocycles. The Morgan fingerprint density at radius 3 is 3.04 bits per heavy atom. The number of hydrogen-bond donors (Lipinski definition) is 1. The minimum Gasteiger partial charge on any atom is -0.376 e. The van der Waals surface area contributed by atoms with Crippen molar-refractivity contribution in [3.63, 3.8) is 0 Å². The van der Waals surface area contributed by atoms with Gasteiger partial charge in [-0.25, -0.2) is 9.97 Å². The molecule has 0 spiro atoms. The lowest BCUT2D eigenvalue weighted by molar-refractivity contribution is 0.0849. The van der Waals surface area contributed by atoms with Crippen molar-refractivity contribution < 1.29 is 9.53 Å². The molecule has 1 atom stereocenters. The summed E-state index contributed by atoms with van der Waals surface area (Å²) in [5, 5.41) is 8.42. The van der Waals surface area contributed by atoms with Crippen LogP contribution in [0.25, 0.3) is 15.9 Å². The molecule has 2 aliphatic rings. The molecule has 4 heterocycles. The van der Waals surface area contributed by atoms with Crippen molar-refractivity contribution in [2.24, 2.45) is 0 Å². The molecule has 3 aromatic heterocycles. The number of carbonyl (C=O) groups excluding carboxylic acids is 1. The Morgan fingerprint density at radius 1 is 1.31 bits per heavy atom. The lowest BCUT2D eigenvalue weighted by Crippen LogP contribution is -2.32. The number of carbonyl (C=O) groups is 1. The molecule has 0 saturated carbocycles. The van der Waals surface area contributed by atoms with Crippen LogP contribution in [-0.2, 0) is 17.6 Å². The summed E-state index contributed by atoms with van der Waals surface area (Å²) >= 11 is 1.76. The second kappa shape index (κ2) is 6.28. The van der Waals surface area contributed by atoms with Crippen LogP contribution >= 0.6 is 11.3 Å². The van der Waals surface area contributed by atoms with Crippen molar-refractivity contribution in [2.45, 2.75) is 51.6 Å². The minimum absolute atomic E-state index is 0.106. The van der Waals surface area contributed by atoms with E-state index in [2.05, 4.69) is 15.4 Å². The van der Waals surface area contributed by atoms with Gasteiger partial charge in [0, 0.05) is 18.0 Å². The van der Waals surface area contributed by atoms with Gasteiger partial charge in [0.05, 0.1) is 11.5 Å². The zero-order valence-corrected chi connectivity index (χ0v) is 15.6. The number of amides is 1. The van der Waals surface area contributed by atoms with Crippen molar-refractivity contribution in [2.75, 3.05) is 13.2 Å². The van der Waals surface area contributed by atoms with Crippen LogP contribution in [-0.4, -0.2) is 44.7 Å². The Balaban J connectivity index is 1.53. The Bertz CT molecular complexity index is 1000. The van der Waals surface area contributed by atoms with Gasteiger partial charge < -0.3 is 10.1 Å². The molecule has 1 unspecified atom stereocenters. The van der Waals surface area contributed by atoms with E-state index in [0.717, 1.165) is 54.0 Å². The first-order valence-electron chi connectivity index (χ1n) is 9.28. The largest absolute Gasteiger partial charge is 0.376 e. The molecule has 0 bridgehead atoms. The molecule has 0 radical (unpaired) electrons. The van der Waals surface area contributed by atoms with E-state index < -0.39 is 0 Å². The predicted octanol–water partition coefficient (Wildman–Crippen LogP) is 2.44. The van der Waals surface area contributed by atoms with Gasteiger partial charge in [0.15, 0.2) is 5.65 Å². The number of ether oxygens (including phenoxy) is 1. The fraction of sp³-hybridized carbons (Fsp3) is 0.556. The van der Waals surface area contributed by atoms with Crippen LogP contribution in [0, 0.1) is 6.92 Å². The lowest BCUT2D eigenvalue weighted by atomic mass is 9.97. The normalized spacial score (nSPS) is 20.0. The van der Waals surface area contributed by atoms with E-state index in [-0.39, 0.29) is 17.8 Å². The summed E-state index contributed by atoms with van der Waals surface area (Å²) in [5.41, 5.74) is 2.11. The number of nitrogens with one attached hydrogen (secondary N) is 1. The van der Waals surface area contributed by atoms with Crippen molar-refractivity contribution in [3.05, 3.63) is 22.1 Å². The summed E-state index contributed by atoms with van der Waals surface area (Å²) in [4.78, 5) is 24.3. The van der Waals surface area contributed by atoms with Crippen LogP contribution in [0.3, 0.4) is 0 Å². The highest BCUT2D eigenvalue weighted by Gasteiger charge is 2.24. The number of thiophene rings is 1. The molecule has 1 amide bonds. The number of hydrogen-bond acceptors (Lipinski definition) is 6. The monoisotopic (exact) mass is 371 g/mol. The van der Waals surface area contributed by atoms with E-state index in [1.807, 2.05) is 6.92 Å². The van der Waals surface area contributed by atoms with Crippen LogP contribution in [0.1, 0.15) is 52.6 Å². The Kier molecular flexibility index (Phi) is 3.90. The topological polar surface area (TPSA) is 81.4 Å². The predicted molar refractivity (Wildman–Crippen MR) is 98.9 cm³/mol. The van der Waals surface area contributed by atoms with Gasteiger partial charge in [0.1, 0.15) is 10.7 Å². The third-order valence-electron chi connectivity index (χ3n) is 5.27. The summed E-state index contributed by atoms with van der Waals surface area (Å²) in [5.74, 6) is 0.716. The first kappa shape index (κ1) is 16.1. The molecule has 8 heteroatoms. The van der Waals surface area contributed by atoms with Gasteiger partial charge >= 0.3 is 0 Å². The number of aryl methyl sites for hydroxylation is 3. The van der Waals surface area contributed by atoms with E-state index in [1.165, 1.54) is 23.3 Å². The molecule has 136 valence electrons. The van der Waals surface area contributed by atoms with Crippen molar-refractivity contribution in [1.82, 2.24) is 24.9 Å². The lowest BCUT2D eigenvalue weighted by Gasteiger charge is -2.10. The smallest absolute Gasteiger partial charge is 0.291 e. The van der Waals surface area contributed by atoms with E-state index in [1.54, 1.807) is 15.9 Å². The number of rotatable bonds is 3. The van der Waals surface area contributed by atoms with Gasteiger partial charge in [0.25, 0.3) is 5.91 Å². The average molecular weight is 371 g/mol. The molecule has 1 aliphatic carbocycles. The van der Waals surface area contributed by atoms with E-state index >= 15 is 0 Å². The molecule has 7 nitrogen and oxygen atoms in total. The van der Waals surface area contributed by atoms with Crippen molar-refractivity contribution >= 4 is 33.1 Å². The molecule has 1 fully saturated rings. The van der Waals surface area contributed by atoms with Gasteiger partial charge in [-0.05, 0) is 51.0 Å². The molecule has 5 rings (SSSR count). The second-order valence-corrected chi connectivity index (χ2v) is 8.15. The Labute approximate surface area is 154 Å². The summed E-state index contributed by atoms with van der Waals surface area (Å²) in [7, 11) is 0. The minimum atomic E-state index is -0.249. The highest BCUT2D eigenvalue weighted by atomic mass is 32.1. The van der Waals surface area contributed by atoms with Crippen LogP contribution in [0.4, 0.5) is 0 Å². The van der Waals surface area contributed by atoms with E-state index in [9.17, 15) is 4.79 Å². The standard InChI is InChI=1S/C18H21N5O2S/c1-10-20-18-14(12-6-2-3-7-13(12)26-18)16-21-15(22-23(10)16)17(24)19-9-11-5-4-8-25-11/h11H,2-9H2,1H3,(H,19,24). The van der Waals surface area contributed by atoms with E-state index in [4.69, 9.17) is 9.72 Å². The molecule has 0 aromatic carbocycles. The maximum atomic E-state index is 12.5. The first-order chi connectivity index (χ1) is 12.7. The van der Waals surface area contributed by atoms with Crippen LogP contribution in [0.5, 0.6) is 0 Å². The third kappa shape index (κ3) is 2.59. The van der Waals surface area contributed by atoms with Gasteiger partial charge in [-0.15, -0.1) is 16.4 Å². The van der Waals surface area contributed by atoms with Gasteiger partial charge in [0.2, 0.25) is 5.82 Å². The highest BCUT2D eigenvalue weighted by molar-refractivity contribution is 7.19. The van der Waals surface area contributed by atoms with Gasteiger partial charge in [-0.3, -0.25) is 4.79 Å². The maximum absolute atomic E-state index is 12.5. The SMILES string of the molecule is Cc1nc2sc3c(c2c2nc(C(=O)NCC4CCCO4)nn12)CCCC3. The zero-order valence-electron chi connectivity index (χ0n) is 14.7. The zero-order chi connectivity index (χ0) is 17.7.